The zero-order chi connectivity index (χ0) is 20.5. The fourth-order valence-electron chi connectivity index (χ4n) is 4.78. The summed E-state index contributed by atoms with van der Waals surface area (Å²) in [6.45, 7) is 1.84. The van der Waals surface area contributed by atoms with E-state index in [0.717, 1.165) is 49.3 Å². The number of amides is 2. The van der Waals surface area contributed by atoms with E-state index in [2.05, 4.69) is 6.07 Å². The number of carbonyl (C=O) groups is 2. The molecule has 2 aromatic rings. The van der Waals surface area contributed by atoms with Gasteiger partial charge in [-0.05, 0) is 68.7 Å². The van der Waals surface area contributed by atoms with Gasteiger partial charge in [0.05, 0.1) is 17.1 Å². The molecule has 1 fully saturated rings. The molecule has 158 valence electrons. The molecule has 3 heterocycles. The molecule has 2 aliphatic heterocycles. The molecule has 0 spiro atoms. The van der Waals surface area contributed by atoms with Crippen molar-refractivity contribution < 1.29 is 14.3 Å². The molecule has 1 atom stereocenters. The number of thiophene rings is 1. The highest BCUT2D eigenvalue weighted by Gasteiger charge is 2.37. The van der Waals surface area contributed by atoms with Crippen LogP contribution in [-0.2, 0) is 17.6 Å². The van der Waals surface area contributed by atoms with E-state index in [1.807, 2.05) is 29.2 Å². The summed E-state index contributed by atoms with van der Waals surface area (Å²) in [7, 11) is 0. The molecule has 6 heteroatoms. The van der Waals surface area contributed by atoms with Crippen LogP contribution in [-0.4, -0.2) is 42.5 Å². The Morgan fingerprint density at radius 1 is 0.967 bits per heavy atom. The van der Waals surface area contributed by atoms with Gasteiger partial charge in [0.2, 0.25) is 0 Å². The summed E-state index contributed by atoms with van der Waals surface area (Å²) in [5.41, 5.74) is 2.09. The van der Waals surface area contributed by atoms with Crippen molar-refractivity contribution in [3.63, 3.8) is 0 Å². The summed E-state index contributed by atoms with van der Waals surface area (Å²) in [6, 6.07) is 9.66. The van der Waals surface area contributed by atoms with Crippen molar-refractivity contribution in [2.45, 2.75) is 57.5 Å². The summed E-state index contributed by atoms with van der Waals surface area (Å²) in [5, 5.41) is 0. The SMILES string of the molecule is O=C([C@H]1CN(C(=O)c2cc3c(s2)CCCCC3)c2ccccc2O1)N1CCCCC1. The lowest BCUT2D eigenvalue weighted by molar-refractivity contribution is -0.139. The van der Waals surface area contributed by atoms with E-state index in [4.69, 9.17) is 4.74 Å². The van der Waals surface area contributed by atoms with Crippen LogP contribution in [0.1, 0.15) is 58.6 Å². The zero-order valence-electron chi connectivity index (χ0n) is 17.3. The normalized spacial score (nSPS) is 21.3. The average Bonchev–Trinajstić information content (AvgIpc) is 3.08. The Balaban J connectivity index is 1.43. The van der Waals surface area contributed by atoms with Gasteiger partial charge in [-0.3, -0.25) is 14.5 Å². The Kier molecular flexibility index (Phi) is 5.50. The predicted molar refractivity (Wildman–Crippen MR) is 119 cm³/mol. The lowest BCUT2D eigenvalue weighted by Gasteiger charge is -2.37. The summed E-state index contributed by atoms with van der Waals surface area (Å²) >= 11 is 1.64. The van der Waals surface area contributed by atoms with Gasteiger partial charge in [0.15, 0.2) is 6.10 Å². The number of benzene rings is 1. The van der Waals surface area contributed by atoms with Gasteiger partial charge in [-0.25, -0.2) is 0 Å². The summed E-state index contributed by atoms with van der Waals surface area (Å²) in [4.78, 5) is 32.5. The first-order valence-electron chi connectivity index (χ1n) is 11.2. The number of piperidine rings is 1. The van der Waals surface area contributed by atoms with E-state index in [1.165, 1.54) is 36.1 Å². The number of rotatable bonds is 2. The Morgan fingerprint density at radius 3 is 2.60 bits per heavy atom. The predicted octanol–water partition coefficient (Wildman–Crippen LogP) is 4.44. The molecule has 2 amide bonds. The summed E-state index contributed by atoms with van der Waals surface area (Å²) in [5.74, 6) is 0.606. The molecule has 0 radical (unpaired) electrons. The number of carbonyl (C=O) groups excluding carboxylic acids is 2. The molecule has 30 heavy (non-hydrogen) atoms. The van der Waals surface area contributed by atoms with Crippen molar-refractivity contribution in [1.82, 2.24) is 4.90 Å². The van der Waals surface area contributed by atoms with E-state index < -0.39 is 6.10 Å². The second kappa shape index (κ2) is 8.42. The number of hydrogen-bond donors (Lipinski definition) is 0. The van der Waals surface area contributed by atoms with Crippen LogP contribution in [0.2, 0.25) is 0 Å². The number of ether oxygens (including phenoxy) is 1. The van der Waals surface area contributed by atoms with Crippen molar-refractivity contribution in [2.24, 2.45) is 0 Å². The highest BCUT2D eigenvalue weighted by atomic mass is 32.1. The molecule has 0 unspecified atom stereocenters. The van der Waals surface area contributed by atoms with Crippen LogP contribution in [0.15, 0.2) is 30.3 Å². The Morgan fingerprint density at radius 2 is 1.73 bits per heavy atom. The first-order valence-corrected chi connectivity index (χ1v) is 12.0. The molecule has 0 saturated carbocycles. The lowest BCUT2D eigenvalue weighted by Crippen LogP contribution is -2.52. The van der Waals surface area contributed by atoms with Gasteiger partial charge < -0.3 is 9.64 Å². The second-order valence-electron chi connectivity index (χ2n) is 8.50. The number of fused-ring (bicyclic) bond motifs is 2. The number of nitrogens with zero attached hydrogens (tertiary/aromatic N) is 2. The van der Waals surface area contributed by atoms with Gasteiger partial charge in [0.25, 0.3) is 11.8 Å². The van der Waals surface area contributed by atoms with Gasteiger partial charge >= 0.3 is 0 Å². The molecular formula is C24H28N2O3S. The number of aryl methyl sites for hydroxylation is 2. The third-order valence-corrected chi connectivity index (χ3v) is 7.64. The quantitative estimate of drug-likeness (QED) is 0.670. The maximum Gasteiger partial charge on any atom is 0.268 e. The third kappa shape index (κ3) is 3.73. The zero-order valence-corrected chi connectivity index (χ0v) is 18.1. The molecule has 1 aromatic carbocycles. The topological polar surface area (TPSA) is 49.9 Å². The van der Waals surface area contributed by atoms with Gasteiger partial charge in [-0.15, -0.1) is 11.3 Å². The molecule has 0 bridgehead atoms. The van der Waals surface area contributed by atoms with E-state index >= 15 is 0 Å². The molecule has 1 saturated heterocycles. The maximum atomic E-state index is 13.6. The van der Waals surface area contributed by atoms with E-state index in [-0.39, 0.29) is 18.4 Å². The van der Waals surface area contributed by atoms with Crippen molar-refractivity contribution in [3.05, 3.63) is 45.6 Å². The van der Waals surface area contributed by atoms with Crippen LogP contribution in [0, 0.1) is 0 Å². The van der Waals surface area contributed by atoms with E-state index in [1.54, 1.807) is 16.2 Å². The third-order valence-electron chi connectivity index (χ3n) is 6.42. The number of anilines is 1. The Hall–Kier alpha value is -2.34. The molecule has 5 rings (SSSR count). The Labute approximate surface area is 181 Å². The van der Waals surface area contributed by atoms with E-state index in [9.17, 15) is 9.59 Å². The van der Waals surface area contributed by atoms with Crippen LogP contribution >= 0.6 is 11.3 Å². The lowest BCUT2D eigenvalue weighted by atomic mass is 10.1. The van der Waals surface area contributed by atoms with Crippen LogP contribution in [0.3, 0.4) is 0 Å². The van der Waals surface area contributed by atoms with Crippen molar-refractivity contribution >= 4 is 28.8 Å². The van der Waals surface area contributed by atoms with Gasteiger partial charge in [-0.2, -0.15) is 0 Å². The van der Waals surface area contributed by atoms with Gasteiger partial charge in [-0.1, -0.05) is 18.6 Å². The highest BCUT2D eigenvalue weighted by Crippen LogP contribution is 2.37. The second-order valence-corrected chi connectivity index (χ2v) is 9.63. The molecule has 5 nitrogen and oxygen atoms in total. The van der Waals surface area contributed by atoms with Crippen LogP contribution in [0.4, 0.5) is 5.69 Å². The Bertz CT molecular complexity index is 924. The summed E-state index contributed by atoms with van der Waals surface area (Å²) < 4.78 is 6.08. The summed E-state index contributed by atoms with van der Waals surface area (Å²) in [6.07, 6.45) is 8.42. The fraction of sp³-hybridized carbons (Fsp3) is 0.500. The van der Waals surface area contributed by atoms with Gasteiger partial charge in [0, 0.05) is 18.0 Å². The molecule has 1 aliphatic carbocycles. The monoisotopic (exact) mass is 424 g/mol. The molecular weight excluding hydrogens is 396 g/mol. The number of para-hydroxylation sites is 2. The van der Waals surface area contributed by atoms with E-state index in [0.29, 0.717) is 5.75 Å². The molecule has 3 aliphatic rings. The first-order chi connectivity index (χ1) is 14.7. The van der Waals surface area contributed by atoms with Crippen LogP contribution < -0.4 is 9.64 Å². The van der Waals surface area contributed by atoms with Crippen molar-refractivity contribution in [1.29, 1.82) is 0 Å². The maximum absolute atomic E-state index is 13.6. The molecule has 0 N–H and O–H groups in total. The average molecular weight is 425 g/mol. The van der Waals surface area contributed by atoms with Gasteiger partial charge in [0.1, 0.15) is 5.75 Å². The molecule has 1 aromatic heterocycles. The fourth-order valence-corrected chi connectivity index (χ4v) is 5.98. The van der Waals surface area contributed by atoms with Crippen molar-refractivity contribution in [2.75, 3.05) is 24.5 Å². The standard InChI is InChI=1S/C24H28N2O3S/c27-23(25-13-7-2-8-14-25)20-16-26(18-10-5-6-11-19(18)29-20)24(28)22-15-17-9-3-1-4-12-21(17)30-22/h5-6,10-11,15,20H,1-4,7-9,12-14,16H2/t20-/m1/s1. The van der Waals surface area contributed by atoms with Crippen molar-refractivity contribution in [3.8, 4) is 5.75 Å². The van der Waals surface area contributed by atoms with Crippen LogP contribution in [0.25, 0.3) is 0 Å². The minimum absolute atomic E-state index is 0.00367. The largest absolute Gasteiger partial charge is 0.476 e. The first kappa shape index (κ1) is 19.6. The smallest absolute Gasteiger partial charge is 0.268 e. The number of likely N-dealkylation sites (tertiary alicyclic amines) is 1. The minimum atomic E-state index is -0.639. The minimum Gasteiger partial charge on any atom is -0.476 e. The number of hydrogen-bond acceptors (Lipinski definition) is 4. The van der Waals surface area contributed by atoms with Crippen LogP contribution in [0.5, 0.6) is 5.75 Å². The highest BCUT2D eigenvalue weighted by molar-refractivity contribution is 7.14.